The van der Waals surface area contributed by atoms with Crippen LogP contribution in [0.3, 0.4) is 0 Å². The second kappa shape index (κ2) is 11.2. The van der Waals surface area contributed by atoms with Crippen molar-refractivity contribution in [3.63, 3.8) is 0 Å². The quantitative estimate of drug-likeness (QED) is 0.250. The monoisotopic (exact) mass is 444 g/mol. The van der Waals surface area contributed by atoms with Gasteiger partial charge in [-0.25, -0.2) is 0 Å². The van der Waals surface area contributed by atoms with Crippen LogP contribution in [0.1, 0.15) is 42.9 Å². The van der Waals surface area contributed by atoms with Gasteiger partial charge in [-0.2, -0.15) is 0 Å². The first-order valence-electron chi connectivity index (χ1n) is 11.6. The van der Waals surface area contributed by atoms with Crippen LogP contribution < -0.4 is 5.32 Å². The van der Waals surface area contributed by atoms with E-state index >= 15 is 0 Å². The first-order chi connectivity index (χ1) is 16.1. The average Bonchev–Trinajstić information content (AvgIpc) is 3.34. The fourth-order valence-electron chi connectivity index (χ4n) is 4.28. The molecule has 1 fully saturated rings. The molecule has 1 saturated carbocycles. The van der Waals surface area contributed by atoms with Crippen LogP contribution in [-0.4, -0.2) is 28.3 Å². The van der Waals surface area contributed by atoms with Crippen molar-refractivity contribution in [3.8, 4) is 11.1 Å². The van der Waals surface area contributed by atoms with E-state index in [-0.39, 0.29) is 5.92 Å². The van der Waals surface area contributed by atoms with Crippen molar-refractivity contribution in [2.24, 2.45) is 11.1 Å². The van der Waals surface area contributed by atoms with Gasteiger partial charge in [-0.3, -0.25) is 0 Å². The highest BCUT2D eigenvalue weighted by Gasteiger charge is 2.28. The van der Waals surface area contributed by atoms with Crippen LogP contribution in [0, 0.1) is 5.92 Å². The number of aliphatic hydroxyl groups is 2. The Morgan fingerprint density at radius 2 is 1.58 bits per heavy atom. The van der Waals surface area contributed by atoms with E-state index in [1.165, 1.54) is 16.7 Å². The molecule has 0 amide bonds. The minimum Gasteiger partial charge on any atom is -0.391 e. The van der Waals surface area contributed by atoms with Gasteiger partial charge in [0.1, 0.15) is 6.61 Å². The van der Waals surface area contributed by atoms with Gasteiger partial charge in [0.25, 0.3) is 0 Å². The summed E-state index contributed by atoms with van der Waals surface area (Å²) in [5.74, 6) is -0.00876. The molecule has 0 heterocycles. The molecule has 5 nitrogen and oxygen atoms in total. The highest BCUT2D eigenvalue weighted by molar-refractivity contribution is 5.98. The van der Waals surface area contributed by atoms with Crippen molar-refractivity contribution in [1.82, 2.24) is 5.32 Å². The first-order valence-corrected chi connectivity index (χ1v) is 11.6. The summed E-state index contributed by atoms with van der Waals surface area (Å²) in [6.07, 6.45) is 1.46. The van der Waals surface area contributed by atoms with E-state index in [0.29, 0.717) is 12.6 Å². The van der Waals surface area contributed by atoms with E-state index in [4.69, 9.17) is 4.84 Å². The number of nitrogens with zero attached hydrogens (tertiary/aromatic N) is 1. The van der Waals surface area contributed by atoms with Gasteiger partial charge in [-0.05, 0) is 54.0 Å². The van der Waals surface area contributed by atoms with Crippen molar-refractivity contribution in [2.75, 3.05) is 0 Å². The highest BCUT2D eigenvalue weighted by atomic mass is 16.6. The van der Waals surface area contributed by atoms with Crippen LogP contribution in [0.15, 0.2) is 84.0 Å². The molecule has 3 N–H and O–H groups in total. The smallest absolute Gasteiger partial charge is 0.154 e. The van der Waals surface area contributed by atoms with Gasteiger partial charge < -0.3 is 20.4 Å². The van der Waals surface area contributed by atoms with Gasteiger partial charge >= 0.3 is 0 Å². The Balaban J connectivity index is 1.24. The maximum absolute atomic E-state index is 9.32. The predicted octanol–water partition coefficient (Wildman–Crippen LogP) is 4.86. The summed E-state index contributed by atoms with van der Waals surface area (Å²) < 4.78 is 0. The number of hydrogen-bond donors (Lipinski definition) is 3. The summed E-state index contributed by atoms with van der Waals surface area (Å²) in [7, 11) is 0. The van der Waals surface area contributed by atoms with Gasteiger partial charge in [0.2, 0.25) is 0 Å². The Labute approximate surface area is 195 Å². The number of benzene rings is 3. The third-order valence-corrected chi connectivity index (χ3v) is 6.36. The first kappa shape index (κ1) is 23.2. The van der Waals surface area contributed by atoms with Crippen molar-refractivity contribution in [2.45, 2.75) is 51.7 Å². The van der Waals surface area contributed by atoms with Gasteiger partial charge in [0.15, 0.2) is 6.29 Å². The molecule has 172 valence electrons. The maximum atomic E-state index is 9.32. The summed E-state index contributed by atoms with van der Waals surface area (Å²) in [6, 6.07) is 27.3. The topological polar surface area (TPSA) is 74.1 Å². The minimum absolute atomic E-state index is 0.00876. The summed E-state index contributed by atoms with van der Waals surface area (Å²) in [5, 5.41) is 26.5. The summed E-state index contributed by atoms with van der Waals surface area (Å²) in [6.45, 7) is 3.15. The Kier molecular flexibility index (Phi) is 7.89. The number of nitrogens with one attached hydrogen (secondary N) is 1. The second-order valence-electron chi connectivity index (χ2n) is 8.77. The van der Waals surface area contributed by atoms with Gasteiger partial charge in [-0.15, -0.1) is 0 Å². The van der Waals surface area contributed by atoms with Gasteiger partial charge in [-0.1, -0.05) is 84.0 Å². The maximum Gasteiger partial charge on any atom is 0.154 e. The third kappa shape index (κ3) is 6.51. The van der Waals surface area contributed by atoms with Crippen LogP contribution in [-0.2, 0) is 18.0 Å². The average molecular weight is 445 g/mol. The normalized spacial score (nSPS) is 18.6. The zero-order valence-electron chi connectivity index (χ0n) is 19.0. The zero-order valence-corrected chi connectivity index (χ0v) is 19.0. The lowest BCUT2D eigenvalue weighted by Gasteiger charge is -2.14. The molecular weight excluding hydrogens is 412 g/mol. The van der Waals surface area contributed by atoms with Crippen molar-refractivity contribution in [3.05, 3.63) is 95.6 Å². The lowest BCUT2D eigenvalue weighted by Crippen LogP contribution is -2.27. The molecule has 1 aliphatic rings. The Morgan fingerprint density at radius 3 is 2.24 bits per heavy atom. The Hall–Kier alpha value is -2.99. The largest absolute Gasteiger partial charge is 0.391 e. The molecule has 0 aliphatic heterocycles. The lowest BCUT2D eigenvalue weighted by molar-refractivity contribution is -0.0819. The predicted molar refractivity (Wildman–Crippen MR) is 132 cm³/mol. The van der Waals surface area contributed by atoms with E-state index in [2.05, 4.69) is 71.1 Å². The molecule has 0 saturated heterocycles. The zero-order chi connectivity index (χ0) is 23.0. The fraction of sp³-hybridized carbons (Fsp3) is 0.321. The molecule has 0 radical (unpaired) electrons. The van der Waals surface area contributed by atoms with Crippen molar-refractivity contribution in [1.29, 1.82) is 0 Å². The molecular formula is C28H32N2O3. The van der Waals surface area contributed by atoms with Crippen LogP contribution >= 0.6 is 0 Å². The van der Waals surface area contributed by atoms with Crippen molar-refractivity contribution >= 4 is 5.71 Å². The summed E-state index contributed by atoms with van der Waals surface area (Å²) >= 11 is 0. The number of rotatable bonds is 9. The molecule has 2 atom stereocenters. The molecule has 3 aromatic rings. The fourth-order valence-corrected chi connectivity index (χ4v) is 4.28. The minimum atomic E-state index is -1.20. The van der Waals surface area contributed by atoms with Gasteiger partial charge in [0.05, 0.1) is 5.71 Å². The Morgan fingerprint density at radius 1 is 0.909 bits per heavy atom. The standard InChI is InChI=1S/C28H32N2O3/c1-20(30-33-19-22-9-13-25(14-10-22)24-5-3-2-4-6-24)23-11-7-21(8-12-23)18-29-27-16-15-26(17-27)28(31)32/h2-14,26-29,31-32H,15-19H2,1H3. The SMILES string of the molecule is CC(=NOCc1ccc(-c2ccccc2)cc1)c1ccc(CNC2CCC(C(O)O)C2)cc1. The molecule has 33 heavy (non-hydrogen) atoms. The summed E-state index contributed by atoms with van der Waals surface area (Å²) in [4.78, 5) is 5.59. The molecule has 0 aromatic heterocycles. The highest BCUT2D eigenvalue weighted by Crippen LogP contribution is 2.27. The van der Waals surface area contributed by atoms with Crippen LogP contribution in [0.4, 0.5) is 0 Å². The lowest BCUT2D eigenvalue weighted by atomic mass is 10.0. The second-order valence-corrected chi connectivity index (χ2v) is 8.77. The number of aliphatic hydroxyl groups excluding tert-OH is 1. The van der Waals surface area contributed by atoms with E-state index < -0.39 is 6.29 Å². The summed E-state index contributed by atoms with van der Waals surface area (Å²) in [5.41, 5.74) is 6.53. The van der Waals surface area contributed by atoms with Crippen LogP contribution in [0.5, 0.6) is 0 Å². The van der Waals surface area contributed by atoms with E-state index in [1.54, 1.807) is 0 Å². The van der Waals surface area contributed by atoms with Gasteiger partial charge in [0, 0.05) is 18.5 Å². The van der Waals surface area contributed by atoms with E-state index in [1.807, 2.05) is 25.1 Å². The van der Waals surface area contributed by atoms with E-state index in [9.17, 15) is 10.2 Å². The number of hydrogen-bond acceptors (Lipinski definition) is 5. The van der Waals surface area contributed by atoms with Crippen molar-refractivity contribution < 1.29 is 15.1 Å². The molecule has 0 spiro atoms. The molecule has 3 aromatic carbocycles. The van der Waals surface area contributed by atoms with Crippen LogP contribution in [0.25, 0.3) is 11.1 Å². The third-order valence-electron chi connectivity index (χ3n) is 6.36. The number of oxime groups is 1. The Bertz CT molecular complexity index is 1030. The molecule has 4 rings (SSSR count). The molecule has 2 unspecified atom stereocenters. The molecule has 5 heteroatoms. The van der Waals surface area contributed by atoms with E-state index in [0.717, 1.165) is 42.6 Å². The van der Waals surface area contributed by atoms with Crippen LogP contribution in [0.2, 0.25) is 0 Å². The molecule has 1 aliphatic carbocycles. The molecule has 0 bridgehead atoms.